The van der Waals surface area contributed by atoms with E-state index in [0.29, 0.717) is 18.7 Å². The third-order valence-electron chi connectivity index (χ3n) is 3.30. The molecular formula is C16H20F3N3O5. The van der Waals surface area contributed by atoms with Crippen LogP contribution >= 0.6 is 0 Å². The van der Waals surface area contributed by atoms with Gasteiger partial charge in [-0.25, -0.2) is 4.79 Å². The molecule has 0 saturated heterocycles. The van der Waals surface area contributed by atoms with Gasteiger partial charge in [0, 0.05) is 12.6 Å². The van der Waals surface area contributed by atoms with Crippen LogP contribution in [-0.4, -0.2) is 36.0 Å². The maximum absolute atomic E-state index is 12.7. The van der Waals surface area contributed by atoms with Crippen molar-refractivity contribution in [2.45, 2.75) is 33.0 Å². The minimum absolute atomic E-state index is 0.213. The first-order valence-corrected chi connectivity index (χ1v) is 7.97. The summed E-state index contributed by atoms with van der Waals surface area (Å²) in [7, 11) is 0. The summed E-state index contributed by atoms with van der Waals surface area (Å²) in [6.45, 7) is 4.94. The van der Waals surface area contributed by atoms with Gasteiger partial charge in [-0.3, -0.25) is 14.9 Å². The molecule has 1 aromatic carbocycles. The van der Waals surface area contributed by atoms with Gasteiger partial charge in [-0.15, -0.1) is 0 Å². The lowest BCUT2D eigenvalue weighted by Crippen LogP contribution is -2.35. The molecule has 8 nitrogen and oxygen atoms in total. The van der Waals surface area contributed by atoms with Crippen LogP contribution in [0.5, 0.6) is 0 Å². The number of carbonyl (C=O) groups excluding carboxylic acids is 2. The topological polar surface area (TPSA) is 111 Å². The molecule has 1 aromatic rings. The van der Waals surface area contributed by atoms with Crippen LogP contribution in [0.25, 0.3) is 0 Å². The minimum atomic E-state index is -4.74. The van der Waals surface area contributed by atoms with Crippen LogP contribution in [0.3, 0.4) is 0 Å². The SMILES string of the molecule is CC(C)CNC(=O)COC(=O)C(C)Nc1ccc(C(F)(F)F)cc1[N+](=O)[O-]. The van der Waals surface area contributed by atoms with E-state index in [0.717, 1.165) is 6.07 Å². The summed E-state index contributed by atoms with van der Waals surface area (Å²) in [5, 5.41) is 16.0. The lowest BCUT2D eigenvalue weighted by atomic mass is 10.1. The van der Waals surface area contributed by atoms with Gasteiger partial charge in [-0.05, 0) is 25.0 Å². The monoisotopic (exact) mass is 391 g/mol. The van der Waals surface area contributed by atoms with Crippen LogP contribution in [0.15, 0.2) is 18.2 Å². The Kier molecular flexibility index (Phi) is 7.56. The number of nitro groups is 1. The predicted octanol–water partition coefficient (Wildman–Crippen LogP) is 2.73. The molecule has 0 saturated carbocycles. The smallest absolute Gasteiger partial charge is 0.416 e. The van der Waals surface area contributed by atoms with E-state index in [1.54, 1.807) is 0 Å². The van der Waals surface area contributed by atoms with Gasteiger partial charge < -0.3 is 15.4 Å². The Bertz CT molecular complexity index is 707. The third kappa shape index (κ3) is 7.12. The Morgan fingerprint density at radius 2 is 1.89 bits per heavy atom. The summed E-state index contributed by atoms with van der Waals surface area (Å²) in [6.07, 6.45) is -4.74. The van der Waals surface area contributed by atoms with Crippen LogP contribution in [0, 0.1) is 16.0 Å². The Morgan fingerprint density at radius 1 is 1.26 bits per heavy atom. The highest BCUT2D eigenvalue weighted by Crippen LogP contribution is 2.35. The fourth-order valence-electron chi connectivity index (χ4n) is 1.90. The zero-order valence-corrected chi connectivity index (χ0v) is 14.9. The van der Waals surface area contributed by atoms with Crippen molar-refractivity contribution in [2.75, 3.05) is 18.5 Å². The van der Waals surface area contributed by atoms with Gasteiger partial charge in [0.2, 0.25) is 0 Å². The van der Waals surface area contributed by atoms with Gasteiger partial charge in [0.15, 0.2) is 6.61 Å². The average molecular weight is 391 g/mol. The van der Waals surface area contributed by atoms with Gasteiger partial charge in [-0.2, -0.15) is 13.2 Å². The number of amides is 1. The second-order valence-electron chi connectivity index (χ2n) is 6.16. The average Bonchev–Trinajstić information content (AvgIpc) is 2.56. The molecule has 0 fully saturated rings. The maximum Gasteiger partial charge on any atom is 0.416 e. The molecule has 0 aromatic heterocycles. The van der Waals surface area contributed by atoms with E-state index >= 15 is 0 Å². The van der Waals surface area contributed by atoms with Gasteiger partial charge >= 0.3 is 12.1 Å². The van der Waals surface area contributed by atoms with Gasteiger partial charge in [0.05, 0.1) is 10.5 Å². The summed E-state index contributed by atoms with van der Waals surface area (Å²) in [5.41, 5.74) is -2.29. The molecule has 0 aliphatic heterocycles. The molecule has 0 aliphatic carbocycles. The minimum Gasteiger partial charge on any atom is -0.454 e. The summed E-state index contributed by atoms with van der Waals surface area (Å²) >= 11 is 0. The number of nitrogens with zero attached hydrogens (tertiary/aromatic N) is 1. The van der Waals surface area contributed by atoms with Crippen molar-refractivity contribution in [1.82, 2.24) is 5.32 Å². The van der Waals surface area contributed by atoms with E-state index in [2.05, 4.69) is 10.6 Å². The molecule has 150 valence electrons. The van der Waals surface area contributed by atoms with Crippen molar-refractivity contribution in [3.05, 3.63) is 33.9 Å². The largest absolute Gasteiger partial charge is 0.454 e. The molecule has 2 N–H and O–H groups in total. The number of halogens is 3. The number of ether oxygens (including phenoxy) is 1. The summed E-state index contributed by atoms with van der Waals surface area (Å²) < 4.78 is 42.8. The number of nitrogens with one attached hydrogen (secondary N) is 2. The van der Waals surface area contributed by atoms with E-state index in [9.17, 15) is 32.9 Å². The standard InChI is InChI=1S/C16H20F3N3O5/c1-9(2)7-20-14(23)8-27-15(24)10(3)21-12-5-4-11(16(17,18)19)6-13(12)22(25)26/h4-6,9-10,21H,7-8H2,1-3H3,(H,20,23). The van der Waals surface area contributed by atoms with Crippen LogP contribution in [-0.2, 0) is 20.5 Å². The van der Waals surface area contributed by atoms with Gasteiger partial charge in [0.25, 0.3) is 11.6 Å². The van der Waals surface area contributed by atoms with Crippen molar-refractivity contribution in [2.24, 2.45) is 5.92 Å². The fourth-order valence-corrected chi connectivity index (χ4v) is 1.90. The van der Waals surface area contributed by atoms with E-state index in [1.165, 1.54) is 6.92 Å². The number of carbonyl (C=O) groups is 2. The summed E-state index contributed by atoms with van der Waals surface area (Å²) in [4.78, 5) is 33.4. The number of nitro benzene ring substituents is 1. The summed E-state index contributed by atoms with van der Waals surface area (Å²) in [5.74, 6) is -1.18. The van der Waals surface area contributed by atoms with Crippen molar-refractivity contribution in [3.8, 4) is 0 Å². The highest BCUT2D eigenvalue weighted by Gasteiger charge is 2.33. The molecule has 11 heteroatoms. The number of rotatable bonds is 8. The predicted molar refractivity (Wildman–Crippen MR) is 90.0 cm³/mol. The molecule has 1 atom stereocenters. The highest BCUT2D eigenvalue weighted by molar-refractivity contribution is 5.84. The van der Waals surface area contributed by atoms with Gasteiger partial charge in [-0.1, -0.05) is 13.8 Å². The van der Waals surface area contributed by atoms with Crippen LogP contribution in [0.1, 0.15) is 26.3 Å². The van der Waals surface area contributed by atoms with Crippen molar-refractivity contribution in [1.29, 1.82) is 0 Å². The van der Waals surface area contributed by atoms with Crippen LogP contribution < -0.4 is 10.6 Å². The normalized spacial score (nSPS) is 12.4. The van der Waals surface area contributed by atoms with E-state index < -0.39 is 46.9 Å². The number of alkyl halides is 3. The Labute approximate surface area is 153 Å². The zero-order valence-electron chi connectivity index (χ0n) is 14.9. The number of hydrogen-bond donors (Lipinski definition) is 2. The Morgan fingerprint density at radius 3 is 2.41 bits per heavy atom. The number of hydrogen-bond acceptors (Lipinski definition) is 6. The van der Waals surface area contributed by atoms with Crippen molar-refractivity contribution in [3.63, 3.8) is 0 Å². The van der Waals surface area contributed by atoms with E-state index in [-0.39, 0.29) is 11.6 Å². The number of esters is 1. The lowest BCUT2D eigenvalue weighted by molar-refractivity contribution is -0.384. The third-order valence-corrected chi connectivity index (χ3v) is 3.30. The molecule has 1 unspecified atom stereocenters. The molecule has 0 spiro atoms. The first-order valence-electron chi connectivity index (χ1n) is 7.97. The second-order valence-corrected chi connectivity index (χ2v) is 6.16. The quantitative estimate of drug-likeness (QED) is 0.401. The first-order chi connectivity index (χ1) is 12.4. The van der Waals surface area contributed by atoms with Crippen molar-refractivity contribution >= 4 is 23.3 Å². The molecule has 0 bridgehead atoms. The van der Waals surface area contributed by atoms with Crippen molar-refractivity contribution < 1.29 is 32.4 Å². The van der Waals surface area contributed by atoms with Crippen LogP contribution in [0.2, 0.25) is 0 Å². The number of benzene rings is 1. The molecule has 0 radical (unpaired) electrons. The molecule has 0 aliphatic rings. The maximum atomic E-state index is 12.7. The molecule has 1 amide bonds. The molecular weight excluding hydrogens is 371 g/mol. The van der Waals surface area contributed by atoms with E-state index in [4.69, 9.17) is 4.74 Å². The molecule has 1 rings (SSSR count). The lowest BCUT2D eigenvalue weighted by Gasteiger charge is -2.15. The van der Waals surface area contributed by atoms with Crippen LogP contribution in [0.4, 0.5) is 24.5 Å². The Balaban J connectivity index is 2.75. The second kappa shape index (κ2) is 9.19. The number of anilines is 1. The summed E-state index contributed by atoms with van der Waals surface area (Å²) in [6, 6.07) is 0.769. The Hall–Kier alpha value is -2.85. The van der Waals surface area contributed by atoms with Gasteiger partial charge in [0.1, 0.15) is 11.7 Å². The van der Waals surface area contributed by atoms with E-state index in [1.807, 2.05) is 13.8 Å². The molecule has 0 heterocycles. The zero-order chi connectivity index (χ0) is 20.8. The molecule has 27 heavy (non-hydrogen) atoms. The fraction of sp³-hybridized carbons (Fsp3) is 0.500. The highest BCUT2D eigenvalue weighted by atomic mass is 19.4. The first kappa shape index (κ1) is 22.2.